The van der Waals surface area contributed by atoms with Crippen molar-refractivity contribution < 1.29 is 27.5 Å². The Morgan fingerprint density at radius 1 is 1.27 bits per heavy atom. The topological polar surface area (TPSA) is 57.8 Å². The van der Waals surface area contributed by atoms with Gasteiger partial charge in [0.1, 0.15) is 12.0 Å². The van der Waals surface area contributed by atoms with E-state index in [1.807, 2.05) is 21.4 Å². The van der Waals surface area contributed by atoms with E-state index >= 15 is 4.39 Å². The highest BCUT2D eigenvalue weighted by Crippen LogP contribution is 2.36. The predicted molar refractivity (Wildman–Crippen MR) is 149 cm³/mol. The van der Waals surface area contributed by atoms with Gasteiger partial charge in [-0.1, -0.05) is 36.4 Å². The zero-order valence-corrected chi connectivity index (χ0v) is 22.2. The van der Waals surface area contributed by atoms with Gasteiger partial charge in [-0.2, -0.15) is 13.2 Å². The lowest BCUT2D eigenvalue weighted by Crippen LogP contribution is -2.31. The van der Waals surface area contributed by atoms with Crippen molar-refractivity contribution >= 4 is 11.3 Å². The Hall–Kier alpha value is -4.04. The number of carbonyl (C=O) groups is 1. The largest absolute Gasteiger partial charge is 0.416 e. The van der Waals surface area contributed by atoms with Crippen LogP contribution in [-0.2, 0) is 0 Å². The first kappa shape index (κ1) is 28.5. The fraction of sp³-hybridized carbons (Fsp3) is 0.281. The molecule has 0 bridgehead atoms. The monoisotopic (exact) mass is 563 g/mol. The van der Waals surface area contributed by atoms with Crippen molar-refractivity contribution in [3.63, 3.8) is 0 Å². The number of nitrogens with zero attached hydrogens (tertiary/aromatic N) is 3. The van der Waals surface area contributed by atoms with Crippen LogP contribution in [-0.4, -0.2) is 50.7 Å². The number of ketones is 1. The number of aromatic nitrogens is 2. The summed E-state index contributed by atoms with van der Waals surface area (Å²) in [5.74, 6) is -1.03. The van der Waals surface area contributed by atoms with Gasteiger partial charge in [0, 0.05) is 43.3 Å². The maximum Gasteiger partial charge on any atom is 0.416 e. The van der Waals surface area contributed by atoms with Gasteiger partial charge in [-0.15, -0.1) is 5.73 Å². The summed E-state index contributed by atoms with van der Waals surface area (Å²) in [6.45, 7) is 4.86. The zero-order valence-electron chi connectivity index (χ0n) is 22.2. The van der Waals surface area contributed by atoms with Crippen LogP contribution in [0.1, 0.15) is 47.5 Å². The van der Waals surface area contributed by atoms with E-state index in [0.717, 1.165) is 29.7 Å². The number of halogens is 4. The van der Waals surface area contributed by atoms with Gasteiger partial charge < -0.3 is 9.51 Å². The van der Waals surface area contributed by atoms with Crippen LogP contribution in [0.4, 0.5) is 17.6 Å². The van der Waals surface area contributed by atoms with Crippen molar-refractivity contribution in [1.29, 1.82) is 0 Å². The Morgan fingerprint density at radius 2 is 2.10 bits per heavy atom. The van der Waals surface area contributed by atoms with Crippen LogP contribution in [0.5, 0.6) is 0 Å². The van der Waals surface area contributed by atoms with Crippen molar-refractivity contribution in [3.8, 4) is 11.3 Å². The standard InChI is InChI=1S/C32H29F4N3O2/c1-2-5-31(41)38-15-13-23(19-38)26-18-29(39-20-37-14-12-28(26)39)22-9-10-25(27(33)17-22)30(40)11-8-21-6-3-4-7-24(16-21)32(34,35)36/h4-7,9-10,12,14,16-18,20,23,31,41H,1,3,8,11,13,15,19H2. The number of allylic oxidation sites excluding steroid dienone is 6. The molecule has 3 aromatic rings. The number of rotatable bonds is 8. The van der Waals surface area contributed by atoms with Crippen molar-refractivity contribution in [2.45, 2.75) is 44.0 Å². The number of likely N-dealkylation sites (tertiary alicyclic amines) is 1. The van der Waals surface area contributed by atoms with Gasteiger partial charge >= 0.3 is 6.18 Å². The number of hydrogen-bond acceptors (Lipinski definition) is 4. The summed E-state index contributed by atoms with van der Waals surface area (Å²) in [6.07, 6.45) is 5.89. The summed E-state index contributed by atoms with van der Waals surface area (Å²) in [5, 5.41) is 10.3. The number of benzene rings is 1. The molecular weight excluding hydrogens is 534 g/mol. The Morgan fingerprint density at radius 3 is 2.85 bits per heavy atom. The van der Waals surface area contributed by atoms with Gasteiger partial charge in [-0.05, 0) is 55.2 Å². The molecule has 5 nitrogen and oxygen atoms in total. The summed E-state index contributed by atoms with van der Waals surface area (Å²) >= 11 is 0. The minimum Gasteiger partial charge on any atom is -0.374 e. The lowest BCUT2D eigenvalue weighted by molar-refractivity contribution is -0.0882. The molecule has 1 fully saturated rings. The number of alkyl halides is 3. The van der Waals surface area contributed by atoms with Gasteiger partial charge in [0.25, 0.3) is 0 Å². The molecule has 2 unspecified atom stereocenters. The van der Waals surface area contributed by atoms with Crippen LogP contribution in [0.3, 0.4) is 0 Å². The molecule has 1 aliphatic heterocycles. The van der Waals surface area contributed by atoms with E-state index in [1.165, 1.54) is 24.3 Å². The third kappa shape index (κ3) is 6.17. The maximum absolute atomic E-state index is 15.3. The average molecular weight is 564 g/mol. The van der Waals surface area contributed by atoms with Gasteiger partial charge in [-0.25, -0.2) is 9.37 Å². The second-order valence-corrected chi connectivity index (χ2v) is 10.2. The smallest absolute Gasteiger partial charge is 0.374 e. The van der Waals surface area contributed by atoms with Crippen molar-refractivity contribution in [2.24, 2.45) is 0 Å². The fourth-order valence-electron chi connectivity index (χ4n) is 5.49. The number of hydrogen-bond donors (Lipinski definition) is 1. The lowest BCUT2D eigenvalue weighted by Gasteiger charge is -2.19. The molecule has 1 aromatic carbocycles. The Kier molecular flexibility index (Phi) is 8.22. The van der Waals surface area contributed by atoms with Crippen molar-refractivity contribution in [3.05, 3.63) is 114 Å². The van der Waals surface area contributed by atoms with Crippen molar-refractivity contribution in [2.75, 3.05) is 13.1 Å². The molecule has 9 heteroatoms. The first-order valence-corrected chi connectivity index (χ1v) is 13.4. The SMILES string of the molecule is C=C=CC(O)N1CCC(c2cc(-c3ccc(C(=O)CCC4=CCC=CC(C(F)(F)F)=C4)c(F)c3)n3cnccc23)C1. The van der Waals surface area contributed by atoms with Crippen LogP contribution >= 0.6 is 0 Å². The molecule has 0 saturated carbocycles. The molecule has 212 valence electrons. The van der Waals surface area contributed by atoms with E-state index in [2.05, 4.69) is 17.3 Å². The average Bonchev–Trinajstić information content (AvgIpc) is 3.50. The van der Waals surface area contributed by atoms with E-state index < -0.39 is 29.6 Å². The Labute approximate surface area is 235 Å². The Bertz CT molecular complexity index is 1610. The second kappa shape index (κ2) is 11.8. The van der Waals surface area contributed by atoms with Crippen LogP contribution < -0.4 is 0 Å². The second-order valence-electron chi connectivity index (χ2n) is 10.2. The number of fused-ring (bicyclic) bond motifs is 1. The quantitative estimate of drug-likeness (QED) is 0.184. The van der Waals surface area contributed by atoms with Crippen LogP contribution in [0.25, 0.3) is 16.8 Å². The van der Waals surface area contributed by atoms with Crippen LogP contribution in [0.15, 0.2) is 96.7 Å². The molecule has 1 saturated heterocycles. The van der Waals surface area contributed by atoms with Crippen LogP contribution in [0.2, 0.25) is 0 Å². The first-order chi connectivity index (χ1) is 19.7. The van der Waals surface area contributed by atoms with E-state index in [9.17, 15) is 23.1 Å². The van der Waals surface area contributed by atoms with E-state index in [4.69, 9.17) is 0 Å². The molecule has 3 heterocycles. The highest BCUT2D eigenvalue weighted by molar-refractivity contribution is 5.97. The van der Waals surface area contributed by atoms with Gasteiger partial charge in [0.05, 0.1) is 28.7 Å². The number of carbonyl (C=O) groups excluding carboxylic acids is 1. The third-order valence-corrected chi connectivity index (χ3v) is 7.60. The molecule has 0 radical (unpaired) electrons. The predicted octanol–water partition coefficient (Wildman–Crippen LogP) is 6.93. The number of aliphatic hydroxyl groups is 1. The minimum absolute atomic E-state index is 0.0787. The first-order valence-electron chi connectivity index (χ1n) is 13.4. The van der Waals surface area contributed by atoms with Gasteiger partial charge in [0.2, 0.25) is 0 Å². The van der Waals surface area contributed by atoms with Gasteiger partial charge in [-0.3, -0.25) is 9.69 Å². The summed E-state index contributed by atoms with van der Waals surface area (Å²) in [5.41, 5.74) is 5.40. The maximum atomic E-state index is 15.3. The molecule has 2 aliphatic rings. The molecule has 0 amide bonds. The normalized spacial score (nSPS) is 18.5. The molecular formula is C32H29F4N3O2. The molecule has 2 aromatic heterocycles. The van der Waals surface area contributed by atoms with Crippen LogP contribution in [0, 0.1) is 5.82 Å². The van der Waals surface area contributed by atoms with Gasteiger partial charge in [0.15, 0.2) is 5.78 Å². The van der Waals surface area contributed by atoms with E-state index in [-0.39, 0.29) is 24.3 Å². The Balaban J connectivity index is 1.35. The highest BCUT2D eigenvalue weighted by atomic mass is 19.4. The fourth-order valence-corrected chi connectivity index (χ4v) is 5.49. The summed E-state index contributed by atoms with van der Waals surface area (Å²) < 4.78 is 56.7. The van der Waals surface area contributed by atoms with Crippen molar-refractivity contribution in [1.82, 2.24) is 14.3 Å². The third-order valence-electron chi connectivity index (χ3n) is 7.60. The number of Topliss-reactive ketones (excluding diaryl/α,β-unsaturated/α-hetero) is 1. The molecule has 1 aliphatic carbocycles. The molecule has 1 N–H and O–H groups in total. The summed E-state index contributed by atoms with van der Waals surface area (Å²) in [7, 11) is 0. The molecule has 5 rings (SSSR count). The zero-order chi connectivity index (χ0) is 29.1. The number of aliphatic hydroxyl groups excluding tert-OH is 1. The lowest BCUT2D eigenvalue weighted by atomic mass is 9.97. The molecule has 0 spiro atoms. The summed E-state index contributed by atoms with van der Waals surface area (Å²) in [6, 6.07) is 8.30. The van der Waals surface area contributed by atoms with E-state index in [0.29, 0.717) is 36.3 Å². The minimum atomic E-state index is -4.48. The molecule has 2 atom stereocenters. The van der Waals surface area contributed by atoms with E-state index in [1.54, 1.807) is 24.7 Å². The molecule has 41 heavy (non-hydrogen) atoms. The highest BCUT2D eigenvalue weighted by Gasteiger charge is 2.32. The summed E-state index contributed by atoms with van der Waals surface area (Å²) in [4.78, 5) is 19.0.